The normalized spacial score (nSPS) is 11.8. The van der Waals surface area contributed by atoms with E-state index >= 15 is 0 Å². The number of nitrogens with zero attached hydrogens (tertiary/aromatic N) is 2. The first-order valence-corrected chi connectivity index (χ1v) is 8.12. The minimum atomic E-state index is -0.599. The van der Waals surface area contributed by atoms with Crippen LogP contribution in [0.3, 0.4) is 0 Å². The maximum absolute atomic E-state index is 12.3. The smallest absolute Gasteiger partial charge is 0.255 e. The number of halogens is 1. The SMILES string of the molecule is CCNC(=O)[C@@H](C)NC(=O)c1cnn(-c2ccc(Br)cc2)c1C. The van der Waals surface area contributed by atoms with E-state index in [1.807, 2.05) is 38.1 Å². The maximum atomic E-state index is 12.3. The van der Waals surface area contributed by atoms with Crippen molar-refractivity contribution in [2.45, 2.75) is 26.8 Å². The van der Waals surface area contributed by atoms with Gasteiger partial charge in [-0.2, -0.15) is 5.10 Å². The van der Waals surface area contributed by atoms with Crippen LogP contribution in [0.4, 0.5) is 0 Å². The Balaban J connectivity index is 2.17. The number of aromatic nitrogens is 2. The number of carbonyl (C=O) groups excluding carboxylic acids is 2. The van der Waals surface area contributed by atoms with Crippen molar-refractivity contribution in [3.8, 4) is 5.69 Å². The van der Waals surface area contributed by atoms with Crippen LogP contribution >= 0.6 is 15.9 Å². The van der Waals surface area contributed by atoms with Gasteiger partial charge in [0.15, 0.2) is 0 Å². The Kier molecular flexibility index (Phi) is 5.54. The fourth-order valence-corrected chi connectivity index (χ4v) is 2.41. The van der Waals surface area contributed by atoms with E-state index in [2.05, 4.69) is 31.7 Å². The zero-order valence-corrected chi connectivity index (χ0v) is 14.8. The molecule has 2 rings (SSSR count). The minimum Gasteiger partial charge on any atom is -0.355 e. The van der Waals surface area contributed by atoms with Crippen LogP contribution in [-0.2, 0) is 4.79 Å². The second-order valence-electron chi connectivity index (χ2n) is 5.12. The molecule has 1 aromatic carbocycles. The van der Waals surface area contributed by atoms with Crippen molar-refractivity contribution in [2.24, 2.45) is 0 Å². The molecule has 122 valence electrons. The fourth-order valence-electron chi connectivity index (χ4n) is 2.14. The number of benzene rings is 1. The summed E-state index contributed by atoms with van der Waals surface area (Å²) in [5, 5.41) is 9.62. The Bertz CT molecular complexity index is 709. The van der Waals surface area contributed by atoms with Crippen LogP contribution in [0.1, 0.15) is 29.9 Å². The van der Waals surface area contributed by atoms with E-state index in [1.165, 1.54) is 6.20 Å². The molecule has 1 atom stereocenters. The van der Waals surface area contributed by atoms with Crippen molar-refractivity contribution in [1.29, 1.82) is 0 Å². The molecule has 7 heteroatoms. The summed E-state index contributed by atoms with van der Waals surface area (Å²) < 4.78 is 2.66. The molecule has 2 N–H and O–H groups in total. The zero-order chi connectivity index (χ0) is 17.0. The monoisotopic (exact) mass is 378 g/mol. The Morgan fingerprint density at radius 1 is 1.30 bits per heavy atom. The third-order valence-corrected chi connectivity index (χ3v) is 3.95. The van der Waals surface area contributed by atoms with Gasteiger partial charge in [-0.3, -0.25) is 9.59 Å². The minimum absolute atomic E-state index is 0.209. The van der Waals surface area contributed by atoms with E-state index in [9.17, 15) is 9.59 Å². The van der Waals surface area contributed by atoms with Crippen LogP contribution < -0.4 is 10.6 Å². The van der Waals surface area contributed by atoms with Gasteiger partial charge in [0.05, 0.1) is 23.1 Å². The van der Waals surface area contributed by atoms with Gasteiger partial charge in [-0.25, -0.2) is 4.68 Å². The molecule has 0 bridgehead atoms. The summed E-state index contributed by atoms with van der Waals surface area (Å²) >= 11 is 3.39. The topological polar surface area (TPSA) is 76.0 Å². The molecule has 0 aliphatic carbocycles. The van der Waals surface area contributed by atoms with Crippen LogP contribution in [0.5, 0.6) is 0 Å². The lowest BCUT2D eigenvalue weighted by molar-refractivity contribution is -0.122. The summed E-state index contributed by atoms with van der Waals surface area (Å²) in [6, 6.07) is 7.03. The van der Waals surface area contributed by atoms with Gasteiger partial charge in [0.2, 0.25) is 5.91 Å². The van der Waals surface area contributed by atoms with Gasteiger partial charge in [-0.15, -0.1) is 0 Å². The third kappa shape index (κ3) is 3.98. The van der Waals surface area contributed by atoms with E-state index in [1.54, 1.807) is 11.6 Å². The summed E-state index contributed by atoms with van der Waals surface area (Å²) in [7, 11) is 0. The predicted molar refractivity (Wildman–Crippen MR) is 91.6 cm³/mol. The second kappa shape index (κ2) is 7.41. The highest BCUT2D eigenvalue weighted by Gasteiger charge is 2.19. The van der Waals surface area contributed by atoms with E-state index in [-0.39, 0.29) is 11.8 Å². The van der Waals surface area contributed by atoms with Crippen LogP contribution in [0, 0.1) is 6.92 Å². The van der Waals surface area contributed by atoms with Gasteiger partial charge in [0.25, 0.3) is 5.91 Å². The van der Waals surface area contributed by atoms with Crippen molar-refractivity contribution >= 4 is 27.7 Å². The standard InChI is InChI=1S/C16H19BrN4O2/c1-4-18-15(22)10(2)20-16(23)14-9-19-21(11(14)3)13-7-5-12(17)6-8-13/h5-10H,4H2,1-3H3,(H,18,22)(H,20,23)/t10-/m1/s1. The lowest BCUT2D eigenvalue weighted by Crippen LogP contribution is -2.44. The largest absolute Gasteiger partial charge is 0.355 e. The molecule has 1 heterocycles. The van der Waals surface area contributed by atoms with E-state index in [4.69, 9.17) is 0 Å². The lowest BCUT2D eigenvalue weighted by atomic mass is 10.2. The van der Waals surface area contributed by atoms with Crippen LogP contribution in [0.25, 0.3) is 5.69 Å². The lowest BCUT2D eigenvalue weighted by Gasteiger charge is -2.13. The molecule has 0 radical (unpaired) electrons. The molecule has 6 nitrogen and oxygen atoms in total. The zero-order valence-electron chi connectivity index (χ0n) is 13.3. The number of amides is 2. The molecule has 23 heavy (non-hydrogen) atoms. The predicted octanol–water partition coefficient (Wildman–Crippen LogP) is 2.20. The molecule has 0 fully saturated rings. The highest BCUT2D eigenvalue weighted by Crippen LogP contribution is 2.17. The fraction of sp³-hybridized carbons (Fsp3) is 0.312. The maximum Gasteiger partial charge on any atom is 0.255 e. The molecule has 0 aliphatic rings. The van der Waals surface area contributed by atoms with E-state index in [0.717, 1.165) is 10.2 Å². The first kappa shape index (κ1) is 17.2. The van der Waals surface area contributed by atoms with Gasteiger partial charge >= 0.3 is 0 Å². The summed E-state index contributed by atoms with van der Waals surface area (Å²) in [4.78, 5) is 24.0. The van der Waals surface area contributed by atoms with Gasteiger partial charge in [-0.05, 0) is 45.0 Å². The molecule has 1 aromatic heterocycles. The Hall–Kier alpha value is -2.15. The molecule has 0 spiro atoms. The second-order valence-corrected chi connectivity index (χ2v) is 6.04. The van der Waals surface area contributed by atoms with Crippen LogP contribution in [-0.4, -0.2) is 34.2 Å². The highest BCUT2D eigenvalue weighted by atomic mass is 79.9. The summed E-state index contributed by atoms with van der Waals surface area (Å²) in [5.41, 5.74) is 2.03. The van der Waals surface area contributed by atoms with Gasteiger partial charge < -0.3 is 10.6 Å². The van der Waals surface area contributed by atoms with Crippen molar-refractivity contribution in [3.05, 3.63) is 46.2 Å². The van der Waals surface area contributed by atoms with E-state index in [0.29, 0.717) is 17.8 Å². The molecule has 0 saturated heterocycles. The number of hydrogen-bond acceptors (Lipinski definition) is 3. The molecular formula is C16H19BrN4O2. The third-order valence-electron chi connectivity index (χ3n) is 3.42. The number of carbonyl (C=O) groups is 2. The summed E-state index contributed by atoms with van der Waals surface area (Å²) in [5.74, 6) is -0.525. The molecule has 0 saturated carbocycles. The number of rotatable bonds is 5. The molecule has 0 aliphatic heterocycles. The van der Waals surface area contributed by atoms with Gasteiger partial charge in [-0.1, -0.05) is 15.9 Å². The van der Waals surface area contributed by atoms with E-state index < -0.39 is 6.04 Å². The highest BCUT2D eigenvalue weighted by molar-refractivity contribution is 9.10. The van der Waals surface area contributed by atoms with Gasteiger partial charge in [0.1, 0.15) is 6.04 Å². The van der Waals surface area contributed by atoms with Crippen LogP contribution in [0.15, 0.2) is 34.9 Å². The first-order valence-electron chi connectivity index (χ1n) is 7.33. The summed E-state index contributed by atoms with van der Waals surface area (Å²) in [6.45, 7) is 5.83. The average molecular weight is 379 g/mol. The Morgan fingerprint density at radius 2 is 1.96 bits per heavy atom. The van der Waals surface area contributed by atoms with Crippen molar-refractivity contribution in [1.82, 2.24) is 20.4 Å². The van der Waals surface area contributed by atoms with Crippen molar-refractivity contribution in [3.63, 3.8) is 0 Å². The average Bonchev–Trinajstić information content (AvgIpc) is 2.90. The molecular weight excluding hydrogens is 360 g/mol. The molecule has 2 amide bonds. The van der Waals surface area contributed by atoms with Crippen LogP contribution in [0.2, 0.25) is 0 Å². The summed E-state index contributed by atoms with van der Waals surface area (Å²) in [6.07, 6.45) is 1.51. The number of nitrogens with one attached hydrogen (secondary N) is 2. The Labute approximate surface area is 143 Å². The quantitative estimate of drug-likeness (QED) is 0.836. The first-order chi connectivity index (χ1) is 10.9. The molecule has 0 unspecified atom stereocenters. The number of likely N-dealkylation sites (N-methyl/N-ethyl adjacent to an activating group) is 1. The van der Waals surface area contributed by atoms with Crippen molar-refractivity contribution in [2.75, 3.05) is 6.54 Å². The van der Waals surface area contributed by atoms with Gasteiger partial charge in [0, 0.05) is 11.0 Å². The van der Waals surface area contributed by atoms with Crippen molar-refractivity contribution < 1.29 is 9.59 Å². The Morgan fingerprint density at radius 3 is 2.57 bits per heavy atom. The molecule has 2 aromatic rings. The number of hydrogen-bond donors (Lipinski definition) is 2.